The van der Waals surface area contributed by atoms with Gasteiger partial charge in [-0.1, -0.05) is 12.1 Å². The van der Waals surface area contributed by atoms with Crippen molar-refractivity contribution in [2.24, 2.45) is 5.92 Å². The summed E-state index contributed by atoms with van der Waals surface area (Å²) < 4.78 is 2.06. The van der Waals surface area contributed by atoms with Crippen molar-refractivity contribution in [2.45, 2.75) is 32.2 Å². The predicted molar refractivity (Wildman–Crippen MR) is 108 cm³/mol. The number of rotatable bonds is 4. The third-order valence-corrected chi connectivity index (χ3v) is 5.86. The van der Waals surface area contributed by atoms with Gasteiger partial charge in [-0.25, -0.2) is 9.97 Å². The highest BCUT2D eigenvalue weighted by molar-refractivity contribution is 5.81. The summed E-state index contributed by atoms with van der Waals surface area (Å²) in [7, 11) is 0. The van der Waals surface area contributed by atoms with Gasteiger partial charge in [-0.2, -0.15) is 5.10 Å². The second-order valence-corrected chi connectivity index (χ2v) is 7.71. The van der Waals surface area contributed by atoms with Crippen molar-refractivity contribution in [2.75, 3.05) is 36.0 Å². The maximum absolute atomic E-state index is 5.05. The van der Waals surface area contributed by atoms with Crippen LogP contribution in [0.15, 0.2) is 42.7 Å². The lowest BCUT2D eigenvalue weighted by molar-refractivity contribution is 0.341. The van der Waals surface area contributed by atoms with E-state index >= 15 is 0 Å². The lowest BCUT2D eigenvalue weighted by atomic mass is 9.97. The molecule has 5 rings (SSSR count). The van der Waals surface area contributed by atoms with Gasteiger partial charge in [0, 0.05) is 45.1 Å². The maximum Gasteiger partial charge on any atom is 0.172 e. The van der Waals surface area contributed by atoms with Crippen LogP contribution >= 0.6 is 0 Å². The molecule has 0 aliphatic carbocycles. The van der Waals surface area contributed by atoms with Crippen LogP contribution in [0.25, 0.3) is 11.0 Å². The molecule has 0 unspecified atom stereocenters. The smallest absolute Gasteiger partial charge is 0.172 e. The number of para-hydroxylation sites is 2. The monoisotopic (exact) mass is 362 g/mol. The van der Waals surface area contributed by atoms with Crippen molar-refractivity contribution in [3.05, 3.63) is 42.7 Å². The van der Waals surface area contributed by atoms with Crippen LogP contribution in [-0.4, -0.2) is 45.9 Å². The Kier molecular flexibility index (Phi) is 4.40. The summed E-state index contributed by atoms with van der Waals surface area (Å²) in [6, 6.07) is 10.2. The Morgan fingerprint density at radius 2 is 1.44 bits per heavy atom. The molecule has 0 radical (unpaired) electrons. The summed E-state index contributed by atoms with van der Waals surface area (Å²) in [5.74, 6) is 2.84. The minimum Gasteiger partial charge on any atom is -0.354 e. The molecule has 6 heteroatoms. The molecular weight excluding hydrogens is 336 g/mol. The zero-order valence-electron chi connectivity index (χ0n) is 15.7. The number of fused-ring (bicyclic) bond motifs is 1. The Balaban J connectivity index is 1.39. The number of nitrogens with zero attached hydrogens (tertiary/aromatic N) is 6. The first-order valence-corrected chi connectivity index (χ1v) is 10.1. The van der Waals surface area contributed by atoms with Crippen molar-refractivity contribution in [3.8, 4) is 0 Å². The molecule has 0 atom stereocenters. The molecule has 0 N–H and O–H groups in total. The molecule has 2 aliphatic heterocycles. The average molecular weight is 362 g/mol. The van der Waals surface area contributed by atoms with Gasteiger partial charge in [-0.15, -0.1) is 0 Å². The number of benzene rings is 1. The zero-order chi connectivity index (χ0) is 18.1. The molecule has 0 saturated carbocycles. The fourth-order valence-corrected chi connectivity index (χ4v) is 4.33. The van der Waals surface area contributed by atoms with Gasteiger partial charge in [0.05, 0.1) is 11.0 Å². The van der Waals surface area contributed by atoms with Crippen molar-refractivity contribution >= 4 is 22.7 Å². The van der Waals surface area contributed by atoms with Gasteiger partial charge in [-0.3, -0.25) is 4.68 Å². The topological polar surface area (TPSA) is 50.1 Å². The molecule has 2 saturated heterocycles. The van der Waals surface area contributed by atoms with E-state index in [1.54, 1.807) is 0 Å². The molecule has 2 aromatic heterocycles. The lowest BCUT2D eigenvalue weighted by Crippen LogP contribution is -2.37. The maximum atomic E-state index is 5.05. The van der Waals surface area contributed by atoms with Crippen LogP contribution in [0, 0.1) is 5.92 Å². The molecule has 3 aromatic rings. The van der Waals surface area contributed by atoms with Gasteiger partial charge in [0.2, 0.25) is 0 Å². The van der Waals surface area contributed by atoms with Crippen LogP contribution in [0.3, 0.4) is 0 Å². The van der Waals surface area contributed by atoms with Crippen molar-refractivity contribution in [3.63, 3.8) is 0 Å². The minimum atomic E-state index is 0.685. The second-order valence-electron chi connectivity index (χ2n) is 7.71. The first-order valence-electron chi connectivity index (χ1n) is 10.1. The molecule has 2 fully saturated rings. The first-order chi connectivity index (χ1) is 13.4. The highest BCUT2D eigenvalue weighted by Crippen LogP contribution is 2.33. The van der Waals surface area contributed by atoms with Crippen LogP contribution in [0.1, 0.15) is 25.7 Å². The highest BCUT2D eigenvalue weighted by Gasteiger charge is 2.26. The van der Waals surface area contributed by atoms with E-state index in [0.717, 1.165) is 55.4 Å². The minimum absolute atomic E-state index is 0.685. The van der Waals surface area contributed by atoms with Crippen molar-refractivity contribution in [1.29, 1.82) is 0 Å². The van der Waals surface area contributed by atoms with E-state index in [0.29, 0.717) is 5.92 Å². The number of hydrogen-bond acceptors (Lipinski definition) is 5. The second kappa shape index (κ2) is 7.18. The van der Waals surface area contributed by atoms with Crippen molar-refractivity contribution < 1.29 is 0 Å². The van der Waals surface area contributed by atoms with Crippen LogP contribution in [-0.2, 0) is 6.54 Å². The summed E-state index contributed by atoms with van der Waals surface area (Å²) in [6.45, 7) is 5.29. The number of anilines is 2. The fourth-order valence-electron chi connectivity index (χ4n) is 4.33. The molecule has 140 valence electrons. The summed E-state index contributed by atoms with van der Waals surface area (Å²) >= 11 is 0. The Hall–Kier alpha value is -2.63. The van der Waals surface area contributed by atoms with Crippen LogP contribution < -0.4 is 9.80 Å². The molecular formula is C21H26N6. The predicted octanol–water partition coefficient (Wildman–Crippen LogP) is 3.34. The average Bonchev–Trinajstić information content (AvgIpc) is 3.42. The van der Waals surface area contributed by atoms with Gasteiger partial charge >= 0.3 is 0 Å². The van der Waals surface area contributed by atoms with Crippen LogP contribution in [0.2, 0.25) is 0 Å². The van der Waals surface area contributed by atoms with Gasteiger partial charge in [-0.05, 0) is 49.8 Å². The summed E-state index contributed by atoms with van der Waals surface area (Å²) in [6.07, 6.45) is 8.77. The van der Waals surface area contributed by atoms with E-state index in [9.17, 15) is 0 Å². The van der Waals surface area contributed by atoms with E-state index in [-0.39, 0.29) is 0 Å². The normalized spacial score (nSPS) is 18.5. The first kappa shape index (κ1) is 16.5. The zero-order valence-corrected chi connectivity index (χ0v) is 15.7. The molecule has 1 aromatic carbocycles. The molecule has 27 heavy (non-hydrogen) atoms. The number of hydrogen-bond donors (Lipinski definition) is 0. The van der Waals surface area contributed by atoms with Gasteiger partial charge in [0.25, 0.3) is 0 Å². The van der Waals surface area contributed by atoms with Crippen LogP contribution in [0.4, 0.5) is 11.6 Å². The SMILES string of the molecule is c1ccc2nc(N3CCC(Cn4cccn4)CC3)c(N3CCCC3)nc2c1. The Labute approximate surface area is 159 Å². The largest absolute Gasteiger partial charge is 0.354 e. The standard InChI is InChI=1S/C21H26N6/c1-2-7-19-18(6-1)23-20(25-11-3-4-12-25)21(24-19)26-14-8-17(9-15-26)16-27-13-5-10-22-27/h1-2,5-7,10,13,17H,3-4,8-9,11-12,14-16H2. The Morgan fingerprint density at radius 3 is 2.04 bits per heavy atom. The van der Waals surface area contributed by atoms with Crippen molar-refractivity contribution in [1.82, 2.24) is 19.7 Å². The van der Waals surface area contributed by atoms with E-state index in [2.05, 4.69) is 37.9 Å². The number of aromatic nitrogens is 4. The van der Waals surface area contributed by atoms with E-state index in [1.165, 1.54) is 25.7 Å². The van der Waals surface area contributed by atoms with E-state index in [1.807, 2.05) is 24.4 Å². The number of piperidine rings is 1. The highest BCUT2D eigenvalue weighted by atomic mass is 15.3. The molecule has 0 bridgehead atoms. The van der Waals surface area contributed by atoms with Crippen LogP contribution in [0.5, 0.6) is 0 Å². The molecule has 2 aliphatic rings. The van der Waals surface area contributed by atoms with Gasteiger partial charge < -0.3 is 9.80 Å². The van der Waals surface area contributed by atoms with E-state index < -0.39 is 0 Å². The van der Waals surface area contributed by atoms with Gasteiger partial charge in [0.1, 0.15) is 0 Å². The fraction of sp³-hybridized carbons (Fsp3) is 0.476. The summed E-state index contributed by atoms with van der Waals surface area (Å²) in [5, 5.41) is 4.36. The summed E-state index contributed by atoms with van der Waals surface area (Å²) in [4.78, 5) is 14.9. The van der Waals surface area contributed by atoms with Gasteiger partial charge in [0.15, 0.2) is 11.6 Å². The third kappa shape index (κ3) is 3.36. The molecule has 0 spiro atoms. The quantitative estimate of drug-likeness (QED) is 0.712. The lowest BCUT2D eigenvalue weighted by Gasteiger charge is -2.34. The Morgan fingerprint density at radius 1 is 0.815 bits per heavy atom. The van der Waals surface area contributed by atoms with E-state index in [4.69, 9.17) is 9.97 Å². The molecule has 4 heterocycles. The Bertz CT molecular complexity index is 892. The summed E-state index contributed by atoms with van der Waals surface area (Å²) in [5.41, 5.74) is 1.99. The molecule has 0 amide bonds. The molecule has 6 nitrogen and oxygen atoms in total. The third-order valence-electron chi connectivity index (χ3n) is 5.86.